The minimum atomic E-state index is 0.128. The summed E-state index contributed by atoms with van der Waals surface area (Å²) in [6, 6.07) is 0.269. The van der Waals surface area contributed by atoms with Gasteiger partial charge in [0.25, 0.3) is 0 Å². The van der Waals surface area contributed by atoms with Crippen molar-refractivity contribution >= 4 is 12.2 Å². The fraction of sp³-hybridized carbons (Fsp3) is 0.778. The van der Waals surface area contributed by atoms with E-state index >= 15 is 0 Å². The zero-order valence-electron chi connectivity index (χ0n) is 8.19. The third kappa shape index (κ3) is 2.52. The Balaban J connectivity index is 2.46. The van der Waals surface area contributed by atoms with E-state index in [1.165, 1.54) is 0 Å². The number of hydrogen-bond donors (Lipinski definition) is 0. The minimum Gasteiger partial charge on any atom is -0.338 e. The molecule has 4 heteroatoms. The molecule has 1 amide bonds. The molecule has 0 spiro atoms. The highest BCUT2D eigenvalue weighted by Crippen LogP contribution is 2.06. The summed E-state index contributed by atoms with van der Waals surface area (Å²) >= 11 is 0. The molecule has 1 aliphatic rings. The van der Waals surface area contributed by atoms with E-state index in [9.17, 15) is 9.59 Å². The van der Waals surface area contributed by atoms with E-state index in [0.29, 0.717) is 13.1 Å². The Morgan fingerprint density at radius 2 is 2.15 bits per heavy atom. The Morgan fingerprint density at radius 3 is 2.62 bits per heavy atom. The number of carbonyl (C=O) groups is 2. The van der Waals surface area contributed by atoms with Crippen LogP contribution in [0.1, 0.15) is 13.8 Å². The molecule has 1 saturated heterocycles. The lowest BCUT2D eigenvalue weighted by Gasteiger charge is -2.35. The number of rotatable bonds is 3. The molecule has 1 rings (SSSR count). The molecule has 1 heterocycles. The van der Waals surface area contributed by atoms with Crippen LogP contribution in [0.15, 0.2) is 0 Å². The Bertz CT molecular complexity index is 204. The molecule has 1 fully saturated rings. The second kappa shape index (κ2) is 4.37. The van der Waals surface area contributed by atoms with Gasteiger partial charge in [-0.15, -0.1) is 0 Å². The average Bonchev–Trinajstić information content (AvgIpc) is 2.04. The summed E-state index contributed by atoms with van der Waals surface area (Å²) in [6.45, 7) is 6.32. The Labute approximate surface area is 78.5 Å². The van der Waals surface area contributed by atoms with Crippen molar-refractivity contribution in [3.05, 3.63) is 0 Å². The number of carbonyl (C=O) groups excluding carboxylic acids is 2. The zero-order chi connectivity index (χ0) is 9.84. The van der Waals surface area contributed by atoms with Crippen LogP contribution in [-0.4, -0.2) is 54.2 Å². The third-order valence-corrected chi connectivity index (χ3v) is 2.29. The van der Waals surface area contributed by atoms with Gasteiger partial charge in [-0.2, -0.15) is 0 Å². The van der Waals surface area contributed by atoms with Gasteiger partial charge in [0.15, 0.2) is 0 Å². The summed E-state index contributed by atoms with van der Waals surface area (Å²) in [7, 11) is 0. The first kappa shape index (κ1) is 10.2. The van der Waals surface area contributed by atoms with E-state index in [-0.39, 0.29) is 11.9 Å². The highest BCUT2D eigenvalue weighted by atomic mass is 16.2. The molecule has 1 aliphatic heterocycles. The topological polar surface area (TPSA) is 40.6 Å². The van der Waals surface area contributed by atoms with Crippen LogP contribution < -0.4 is 0 Å². The third-order valence-electron chi connectivity index (χ3n) is 2.29. The normalized spacial score (nSPS) is 19.6. The quantitative estimate of drug-likeness (QED) is 0.567. The zero-order valence-corrected chi connectivity index (χ0v) is 8.19. The van der Waals surface area contributed by atoms with Gasteiger partial charge in [-0.25, -0.2) is 0 Å². The summed E-state index contributed by atoms with van der Waals surface area (Å²) < 4.78 is 0. The van der Waals surface area contributed by atoms with E-state index < -0.39 is 0 Å². The second-order valence-electron chi connectivity index (χ2n) is 3.58. The summed E-state index contributed by atoms with van der Waals surface area (Å²) in [6.07, 6.45) is 0.846. The van der Waals surface area contributed by atoms with Gasteiger partial charge in [0.2, 0.25) is 5.91 Å². The van der Waals surface area contributed by atoms with Crippen molar-refractivity contribution < 1.29 is 9.59 Å². The highest BCUT2D eigenvalue weighted by Gasteiger charge is 2.24. The number of hydrogen-bond acceptors (Lipinski definition) is 3. The molecule has 0 N–H and O–H groups in total. The van der Waals surface area contributed by atoms with Crippen molar-refractivity contribution in [1.82, 2.24) is 9.80 Å². The number of nitrogens with zero attached hydrogens (tertiary/aromatic N) is 2. The lowest BCUT2D eigenvalue weighted by Crippen LogP contribution is -2.52. The van der Waals surface area contributed by atoms with E-state index in [0.717, 1.165) is 19.4 Å². The molecule has 0 unspecified atom stereocenters. The first-order valence-electron chi connectivity index (χ1n) is 4.60. The fourth-order valence-electron chi connectivity index (χ4n) is 1.54. The van der Waals surface area contributed by atoms with Gasteiger partial charge in [0.05, 0.1) is 13.1 Å². The molecule has 0 aromatic carbocycles. The fourth-order valence-corrected chi connectivity index (χ4v) is 1.54. The lowest BCUT2D eigenvalue weighted by atomic mass is 10.2. The van der Waals surface area contributed by atoms with Crippen molar-refractivity contribution in [1.29, 1.82) is 0 Å². The molecule has 0 aliphatic carbocycles. The van der Waals surface area contributed by atoms with E-state index in [2.05, 4.69) is 0 Å². The molecule has 74 valence electrons. The van der Waals surface area contributed by atoms with Crippen molar-refractivity contribution in [3.8, 4) is 0 Å². The maximum atomic E-state index is 11.5. The number of aldehydes is 1. The van der Waals surface area contributed by atoms with Gasteiger partial charge in [-0.05, 0) is 13.8 Å². The van der Waals surface area contributed by atoms with Crippen molar-refractivity contribution in [2.24, 2.45) is 0 Å². The van der Waals surface area contributed by atoms with Crippen LogP contribution in [0.2, 0.25) is 0 Å². The molecule has 4 nitrogen and oxygen atoms in total. The highest BCUT2D eigenvalue weighted by molar-refractivity contribution is 5.79. The Kier molecular flexibility index (Phi) is 3.42. The van der Waals surface area contributed by atoms with Gasteiger partial charge in [-0.3, -0.25) is 9.69 Å². The molecule has 0 aromatic rings. The van der Waals surface area contributed by atoms with Crippen LogP contribution in [0.4, 0.5) is 0 Å². The molecule has 0 aromatic heterocycles. The monoisotopic (exact) mass is 184 g/mol. The molecule has 0 radical (unpaired) electrons. The molecule has 0 bridgehead atoms. The number of piperazine rings is 1. The molecule has 0 saturated carbocycles. The van der Waals surface area contributed by atoms with Crippen LogP contribution in [-0.2, 0) is 9.59 Å². The summed E-state index contributed by atoms with van der Waals surface area (Å²) in [5.41, 5.74) is 0. The van der Waals surface area contributed by atoms with Gasteiger partial charge in [0.1, 0.15) is 6.29 Å². The minimum absolute atomic E-state index is 0.128. The SMILES string of the molecule is CC(C)N1CCN(CC=O)CC1=O. The molecular weight excluding hydrogens is 168 g/mol. The van der Waals surface area contributed by atoms with Gasteiger partial charge < -0.3 is 9.69 Å². The Morgan fingerprint density at radius 1 is 1.46 bits per heavy atom. The maximum Gasteiger partial charge on any atom is 0.237 e. The molecule has 0 atom stereocenters. The van der Waals surface area contributed by atoms with Crippen LogP contribution in [0.3, 0.4) is 0 Å². The molecular formula is C9H16N2O2. The predicted molar refractivity (Wildman–Crippen MR) is 49.4 cm³/mol. The second-order valence-corrected chi connectivity index (χ2v) is 3.58. The number of amides is 1. The largest absolute Gasteiger partial charge is 0.338 e. The van der Waals surface area contributed by atoms with Crippen LogP contribution >= 0.6 is 0 Å². The predicted octanol–water partition coefficient (Wildman–Crippen LogP) is -0.262. The van der Waals surface area contributed by atoms with Crippen molar-refractivity contribution in [3.63, 3.8) is 0 Å². The summed E-state index contributed by atoms with van der Waals surface area (Å²) in [4.78, 5) is 25.4. The van der Waals surface area contributed by atoms with Gasteiger partial charge in [-0.1, -0.05) is 0 Å². The van der Waals surface area contributed by atoms with E-state index in [1.54, 1.807) is 0 Å². The average molecular weight is 184 g/mol. The van der Waals surface area contributed by atoms with Gasteiger partial charge in [0, 0.05) is 19.1 Å². The smallest absolute Gasteiger partial charge is 0.237 e. The van der Waals surface area contributed by atoms with Crippen LogP contribution in [0.5, 0.6) is 0 Å². The standard InChI is InChI=1S/C9H16N2O2/c1-8(2)11-4-3-10(5-6-12)7-9(11)13/h6,8H,3-5,7H2,1-2H3. The lowest BCUT2D eigenvalue weighted by molar-refractivity contribution is -0.138. The van der Waals surface area contributed by atoms with E-state index in [1.807, 2.05) is 23.6 Å². The van der Waals surface area contributed by atoms with Crippen LogP contribution in [0.25, 0.3) is 0 Å². The summed E-state index contributed by atoms with van der Waals surface area (Å²) in [5.74, 6) is 0.128. The molecule has 13 heavy (non-hydrogen) atoms. The van der Waals surface area contributed by atoms with Gasteiger partial charge >= 0.3 is 0 Å². The first-order chi connectivity index (χ1) is 6.15. The van der Waals surface area contributed by atoms with E-state index in [4.69, 9.17) is 0 Å². The van der Waals surface area contributed by atoms with Crippen molar-refractivity contribution in [2.45, 2.75) is 19.9 Å². The summed E-state index contributed by atoms with van der Waals surface area (Å²) in [5, 5.41) is 0. The first-order valence-corrected chi connectivity index (χ1v) is 4.60. The van der Waals surface area contributed by atoms with Crippen molar-refractivity contribution in [2.75, 3.05) is 26.2 Å². The van der Waals surface area contributed by atoms with Crippen LogP contribution in [0, 0.1) is 0 Å². The Hall–Kier alpha value is -0.900. The maximum absolute atomic E-state index is 11.5.